The van der Waals surface area contributed by atoms with Crippen LogP contribution < -0.4 is 10.1 Å². The first-order valence-electron chi connectivity index (χ1n) is 9.28. The van der Waals surface area contributed by atoms with Gasteiger partial charge in [-0.05, 0) is 62.9 Å². The molecule has 4 nitrogen and oxygen atoms in total. The van der Waals surface area contributed by atoms with E-state index >= 15 is 0 Å². The summed E-state index contributed by atoms with van der Waals surface area (Å²) in [5, 5.41) is 4.33. The molecule has 0 saturated heterocycles. The average Bonchev–Trinajstić information content (AvgIpc) is 3.00. The molecular weight excluding hydrogens is 324 g/mol. The number of aromatic amines is 1. The second-order valence-electron chi connectivity index (χ2n) is 6.99. The van der Waals surface area contributed by atoms with Crippen LogP contribution in [0.4, 0.5) is 5.69 Å². The van der Waals surface area contributed by atoms with Crippen molar-refractivity contribution < 1.29 is 9.53 Å². The van der Waals surface area contributed by atoms with Crippen LogP contribution in [0.2, 0.25) is 0 Å². The van der Waals surface area contributed by atoms with Crippen molar-refractivity contribution in [2.24, 2.45) is 5.92 Å². The van der Waals surface area contributed by atoms with Crippen LogP contribution in [0.25, 0.3) is 10.9 Å². The molecule has 0 spiro atoms. The summed E-state index contributed by atoms with van der Waals surface area (Å²) < 4.78 is 5.62. The number of carbonyl (C=O) groups excluding carboxylic acids is 1. The molecule has 1 unspecified atom stereocenters. The van der Waals surface area contributed by atoms with Crippen LogP contribution in [0.5, 0.6) is 5.75 Å². The number of nitrogens with one attached hydrogen (secondary N) is 2. The molecule has 1 aliphatic rings. The second kappa shape index (κ2) is 6.87. The summed E-state index contributed by atoms with van der Waals surface area (Å²) in [6.07, 6.45) is 2.55. The van der Waals surface area contributed by atoms with E-state index in [1.807, 2.05) is 31.2 Å². The zero-order valence-electron chi connectivity index (χ0n) is 15.3. The molecule has 1 atom stereocenters. The topological polar surface area (TPSA) is 54.1 Å². The van der Waals surface area contributed by atoms with Gasteiger partial charge in [0.05, 0.1) is 12.3 Å². The standard InChI is InChI=1S/C22H24N2O2/c1-3-26-21-7-5-4-6-20(21)24-22(25)15-9-11-19-17(13-15)16-12-14(2)8-10-18(16)23-19/h4-8,10,12,15,23H,3,9,11,13H2,1-2H3,(H,24,25). The molecule has 26 heavy (non-hydrogen) atoms. The molecule has 0 fully saturated rings. The van der Waals surface area contributed by atoms with Crippen molar-refractivity contribution in [3.63, 3.8) is 0 Å². The summed E-state index contributed by atoms with van der Waals surface area (Å²) in [6.45, 7) is 4.63. The largest absolute Gasteiger partial charge is 0.492 e. The highest BCUT2D eigenvalue weighted by Gasteiger charge is 2.27. The number of amides is 1. The van der Waals surface area contributed by atoms with Crippen LogP contribution in [-0.2, 0) is 17.6 Å². The smallest absolute Gasteiger partial charge is 0.227 e. The fourth-order valence-corrected chi connectivity index (χ4v) is 3.84. The zero-order valence-corrected chi connectivity index (χ0v) is 15.3. The lowest BCUT2D eigenvalue weighted by Crippen LogP contribution is -2.28. The number of aryl methyl sites for hydroxylation is 2. The van der Waals surface area contributed by atoms with Crippen molar-refractivity contribution in [3.05, 3.63) is 59.3 Å². The fraction of sp³-hybridized carbons (Fsp3) is 0.318. The minimum absolute atomic E-state index is 0.0169. The first-order chi connectivity index (χ1) is 12.7. The number of rotatable bonds is 4. The summed E-state index contributed by atoms with van der Waals surface area (Å²) in [7, 11) is 0. The van der Waals surface area contributed by atoms with Crippen LogP contribution in [0, 0.1) is 12.8 Å². The molecule has 1 heterocycles. The third kappa shape index (κ3) is 3.07. The lowest BCUT2D eigenvalue weighted by molar-refractivity contribution is -0.120. The summed E-state index contributed by atoms with van der Waals surface area (Å²) in [5.74, 6) is 0.782. The van der Waals surface area contributed by atoms with E-state index in [-0.39, 0.29) is 11.8 Å². The minimum Gasteiger partial charge on any atom is -0.492 e. The van der Waals surface area contributed by atoms with Gasteiger partial charge in [0.15, 0.2) is 0 Å². The van der Waals surface area contributed by atoms with Gasteiger partial charge >= 0.3 is 0 Å². The number of H-pyrrole nitrogens is 1. The van der Waals surface area contributed by atoms with Gasteiger partial charge in [-0.3, -0.25) is 4.79 Å². The van der Waals surface area contributed by atoms with Gasteiger partial charge in [-0.2, -0.15) is 0 Å². The molecule has 3 aromatic rings. The van der Waals surface area contributed by atoms with Crippen molar-refractivity contribution in [2.45, 2.75) is 33.1 Å². The van der Waals surface area contributed by atoms with Crippen LogP contribution in [-0.4, -0.2) is 17.5 Å². The SMILES string of the molecule is CCOc1ccccc1NC(=O)C1CCc2[nH]c3ccc(C)cc3c2C1. The Balaban J connectivity index is 1.56. The van der Waals surface area contributed by atoms with Crippen LogP contribution in [0.1, 0.15) is 30.2 Å². The number of hydrogen-bond acceptors (Lipinski definition) is 2. The normalized spacial score (nSPS) is 16.3. The van der Waals surface area contributed by atoms with Gasteiger partial charge in [-0.25, -0.2) is 0 Å². The zero-order chi connectivity index (χ0) is 18.1. The summed E-state index contributed by atoms with van der Waals surface area (Å²) in [4.78, 5) is 16.4. The van der Waals surface area contributed by atoms with Gasteiger partial charge in [0.25, 0.3) is 0 Å². The number of para-hydroxylation sites is 2. The Labute approximate surface area is 153 Å². The molecule has 0 saturated carbocycles. The number of aromatic nitrogens is 1. The highest BCUT2D eigenvalue weighted by Crippen LogP contribution is 2.33. The molecule has 1 aromatic heterocycles. The lowest BCUT2D eigenvalue weighted by Gasteiger charge is -2.22. The molecule has 134 valence electrons. The fourth-order valence-electron chi connectivity index (χ4n) is 3.84. The number of fused-ring (bicyclic) bond motifs is 3. The molecule has 0 radical (unpaired) electrons. The van der Waals surface area contributed by atoms with Crippen LogP contribution >= 0.6 is 0 Å². The number of benzene rings is 2. The van der Waals surface area contributed by atoms with E-state index in [1.165, 1.54) is 27.7 Å². The Bertz CT molecular complexity index is 958. The monoisotopic (exact) mass is 348 g/mol. The number of hydrogen-bond donors (Lipinski definition) is 2. The molecule has 4 heteroatoms. The molecule has 0 aliphatic heterocycles. The molecule has 4 rings (SSSR count). The van der Waals surface area contributed by atoms with Gasteiger partial charge in [0.1, 0.15) is 5.75 Å². The Morgan fingerprint density at radius 2 is 2.12 bits per heavy atom. The van der Waals surface area contributed by atoms with Crippen molar-refractivity contribution in [1.29, 1.82) is 0 Å². The highest BCUT2D eigenvalue weighted by atomic mass is 16.5. The molecule has 1 aliphatic carbocycles. The van der Waals surface area contributed by atoms with E-state index in [2.05, 4.69) is 35.4 Å². The predicted octanol–water partition coefficient (Wildman–Crippen LogP) is 4.62. The van der Waals surface area contributed by atoms with Gasteiger partial charge in [-0.1, -0.05) is 23.8 Å². The number of anilines is 1. The molecule has 1 amide bonds. The van der Waals surface area contributed by atoms with Gasteiger partial charge in [-0.15, -0.1) is 0 Å². The van der Waals surface area contributed by atoms with Gasteiger partial charge in [0.2, 0.25) is 5.91 Å². The first kappa shape index (κ1) is 16.7. The Hall–Kier alpha value is -2.75. The predicted molar refractivity (Wildman–Crippen MR) is 105 cm³/mol. The maximum absolute atomic E-state index is 12.9. The maximum atomic E-state index is 12.9. The van der Waals surface area contributed by atoms with E-state index in [9.17, 15) is 4.79 Å². The van der Waals surface area contributed by atoms with E-state index in [0.717, 1.165) is 30.7 Å². The van der Waals surface area contributed by atoms with E-state index < -0.39 is 0 Å². The minimum atomic E-state index is -0.0169. The Morgan fingerprint density at radius 1 is 1.27 bits per heavy atom. The quantitative estimate of drug-likeness (QED) is 0.723. The van der Waals surface area contributed by atoms with E-state index in [4.69, 9.17) is 4.74 Å². The number of carbonyl (C=O) groups is 1. The molecule has 0 bridgehead atoms. The van der Waals surface area contributed by atoms with Crippen molar-refractivity contribution in [1.82, 2.24) is 4.98 Å². The van der Waals surface area contributed by atoms with Crippen molar-refractivity contribution in [3.8, 4) is 5.75 Å². The Kier molecular flexibility index (Phi) is 4.41. The molecule has 2 aromatic carbocycles. The first-order valence-corrected chi connectivity index (χ1v) is 9.28. The Morgan fingerprint density at radius 3 is 2.96 bits per heavy atom. The van der Waals surface area contributed by atoms with Gasteiger partial charge in [0, 0.05) is 22.5 Å². The van der Waals surface area contributed by atoms with Crippen LogP contribution in [0.3, 0.4) is 0 Å². The summed E-state index contributed by atoms with van der Waals surface area (Å²) in [6, 6.07) is 14.1. The third-order valence-corrected chi connectivity index (χ3v) is 5.16. The van der Waals surface area contributed by atoms with Crippen LogP contribution in [0.15, 0.2) is 42.5 Å². The maximum Gasteiger partial charge on any atom is 0.227 e. The second-order valence-corrected chi connectivity index (χ2v) is 6.99. The molecule has 2 N–H and O–H groups in total. The van der Waals surface area contributed by atoms with Gasteiger partial charge < -0.3 is 15.0 Å². The lowest BCUT2D eigenvalue weighted by atomic mass is 9.85. The van der Waals surface area contributed by atoms with E-state index in [0.29, 0.717) is 6.61 Å². The highest BCUT2D eigenvalue weighted by molar-refractivity contribution is 5.95. The van der Waals surface area contributed by atoms with Crippen molar-refractivity contribution in [2.75, 3.05) is 11.9 Å². The average molecular weight is 348 g/mol. The van der Waals surface area contributed by atoms with Crippen molar-refractivity contribution >= 4 is 22.5 Å². The number of ether oxygens (including phenoxy) is 1. The molecular formula is C22H24N2O2. The third-order valence-electron chi connectivity index (χ3n) is 5.16. The summed E-state index contributed by atoms with van der Waals surface area (Å²) >= 11 is 0. The van der Waals surface area contributed by atoms with E-state index in [1.54, 1.807) is 0 Å². The summed E-state index contributed by atoms with van der Waals surface area (Å²) in [5.41, 5.74) is 5.75.